The Balaban J connectivity index is 1.40. The number of aromatic nitrogens is 1. The number of rotatable bonds is 3. The van der Waals surface area contributed by atoms with Crippen molar-refractivity contribution < 1.29 is 18.7 Å². The molecule has 1 aliphatic heterocycles. The van der Waals surface area contributed by atoms with Gasteiger partial charge in [-0.2, -0.15) is 0 Å². The van der Waals surface area contributed by atoms with Crippen LogP contribution in [0.4, 0.5) is 0 Å². The molecule has 23 heavy (non-hydrogen) atoms. The van der Waals surface area contributed by atoms with E-state index in [1.807, 2.05) is 24.3 Å². The number of oxazole rings is 1. The van der Waals surface area contributed by atoms with Gasteiger partial charge in [0.05, 0.1) is 6.54 Å². The second kappa shape index (κ2) is 5.64. The highest BCUT2D eigenvalue weighted by Gasteiger charge is 2.21. The minimum absolute atomic E-state index is 0.183. The number of amides is 1. The van der Waals surface area contributed by atoms with Crippen molar-refractivity contribution in [2.75, 3.05) is 13.2 Å². The number of carbonyl (C=O) groups is 1. The van der Waals surface area contributed by atoms with E-state index in [-0.39, 0.29) is 12.0 Å². The average Bonchev–Trinajstić information content (AvgIpc) is 3.07. The summed E-state index contributed by atoms with van der Waals surface area (Å²) in [6.45, 7) is 0.767. The van der Waals surface area contributed by atoms with Crippen molar-refractivity contribution >= 4 is 17.0 Å². The van der Waals surface area contributed by atoms with Crippen LogP contribution < -0.4 is 14.8 Å². The van der Waals surface area contributed by atoms with Crippen molar-refractivity contribution in [1.82, 2.24) is 10.3 Å². The quantitative estimate of drug-likeness (QED) is 0.804. The van der Waals surface area contributed by atoms with E-state index in [9.17, 15) is 4.79 Å². The number of benzene rings is 2. The maximum atomic E-state index is 12.2. The van der Waals surface area contributed by atoms with Gasteiger partial charge in [-0.15, -0.1) is 0 Å². The molecular formula is C17H14N2O4. The Bertz CT molecular complexity index is 858. The van der Waals surface area contributed by atoms with Gasteiger partial charge in [-0.25, -0.2) is 4.98 Å². The van der Waals surface area contributed by atoms with Crippen molar-refractivity contribution in [3.8, 4) is 11.5 Å². The zero-order chi connectivity index (χ0) is 15.6. The van der Waals surface area contributed by atoms with Gasteiger partial charge in [0, 0.05) is 5.56 Å². The average molecular weight is 310 g/mol. The fourth-order valence-electron chi connectivity index (χ4n) is 2.47. The highest BCUT2D eigenvalue weighted by atomic mass is 16.6. The second-order valence-corrected chi connectivity index (χ2v) is 5.24. The van der Waals surface area contributed by atoms with Crippen LogP contribution in [0.3, 0.4) is 0 Å². The van der Waals surface area contributed by atoms with Crippen LogP contribution in [-0.4, -0.2) is 30.1 Å². The summed E-state index contributed by atoms with van der Waals surface area (Å²) in [7, 11) is 0. The molecular weight excluding hydrogens is 296 g/mol. The van der Waals surface area contributed by atoms with E-state index < -0.39 is 0 Å². The SMILES string of the molecule is O=C(NCC1COc2ccccc2O1)c1ccc2ocnc2c1. The van der Waals surface area contributed by atoms with Gasteiger partial charge in [0.1, 0.15) is 18.2 Å². The van der Waals surface area contributed by atoms with Crippen LogP contribution in [-0.2, 0) is 0 Å². The molecule has 0 radical (unpaired) electrons. The van der Waals surface area contributed by atoms with E-state index in [0.29, 0.717) is 35.6 Å². The van der Waals surface area contributed by atoms with Gasteiger partial charge in [-0.3, -0.25) is 4.79 Å². The fraction of sp³-hybridized carbons (Fsp3) is 0.176. The molecule has 2 heterocycles. The van der Waals surface area contributed by atoms with E-state index in [1.54, 1.807) is 18.2 Å². The molecule has 0 bridgehead atoms. The third kappa shape index (κ3) is 2.70. The normalized spacial score (nSPS) is 16.3. The molecule has 0 saturated carbocycles. The molecule has 1 aromatic heterocycles. The predicted octanol–water partition coefficient (Wildman–Crippen LogP) is 2.40. The summed E-state index contributed by atoms with van der Waals surface area (Å²) in [5.74, 6) is 1.24. The van der Waals surface area contributed by atoms with Crippen LogP contribution >= 0.6 is 0 Å². The first-order valence-electron chi connectivity index (χ1n) is 7.29. The van der Waals surface area contributed by atoms with Crippen LogP contribution in [0, 0.1) is 0 Å². The minimum atomic E-state index is -0.218. The number of hydrogen-bond donors (Lipinski definition) is 1. The smallest absolute Gasteiger partial charge is 0.251 e. The molecule has 0 saturated heterocycles. The fourth-order valence-corrected chi connectivity index (χ4v) is 2.47. The number of para-hydroxylation sites is 2. The van der Waals surface area contributed by atoms with Gasteiger partial charge in [-0.1, -0.05) is 12.1 Å². The summed E-state index contributed by atoms with van der Waals surface area (Å²) in [5.41, 5.74) is 1.84. The van der Waals surface area contributed by atoms with Crippen LogP contribution in [0.5, 0.6) is 11.5 Å². The molecule has 1 aliphatic rings. The van der Waals surface area contributed by atoms with Crippen LogP contribution in [0.1, 0.15) is 10.4 Å². The summed E-state index contributed by atoms with van der Waals surface area (Å²) in [5, 5.41) is 2.85. The lowest BCUT2D eigenvalue weighted by Gasteiger charge is -2.26. The number of hydrogen-bond acceptors (Lipinski definition) is 5. The zero-order valence-corrected chi connectivity index (χ0v) is 12.2. The first kappa shape index (κ1) is 13.6. The molecule has 4 rings (SSSR count). The molecule has 1 atom stereocenters. The van der Waals surface area contributed by atoms with E-state index in [4.69, 9.17) is 13.9 Å². The predicted molar refractivity (Wildman–Crippen MR) is 82.7 cm³/mol. The molecule has 1 unspecified atom stereocenters. The minimum Gasteiger partial charge on any atom is -0.486 e. The Morgan fingerprint density at radius 2 is 2.09 bits per heavy atom. The Labute approximate surface area is 132 Å². The monoisotopic (exact) mass is 310 g/mol. The third-order valence-corrected chi connectivity index (χ3v) is 3.65. The zero-order valence-electron chi connectivity index (χ0n) is 12.2. The van der Waals surface area contributed by atoms with E-state index >= 15 is 0 Å². The number of carbonyl (C=O) groups excluding carboxylic acids is 1. The Kier molecular flexibility index (Phi) is 3.34. The molecule has 116 valence electrons. The maximum absolute atomic E-state index is 12.2. The molecule has 0 aliphatic carbocycles. The molecule has 0 spiro atoms. The molecule has 3 aromatic rings. The van der Waals surface area contributed by atoms with Gasteiger partial charge < -0.3 is 19.2 Å². The summed E-state index contributed by atoms with van der Waals surface area (Å²) >= 11 is 0. The van der Waals surface area contributed by atoms with Crippen molar-refractivity contribution in [3.05, 3.63) is 54.4 Å². The van der Waals surface area contributed by atoms with E-state index in [1.165, 1.54) is 6.39 Å². The van der Waals surface area contributed by atoms with Gasteiger partial charge in [0.2, 0.25) is 0 Å². The summed E-state index contributed by atoms with van der Waals surface area (Å²) in [6, 6.07) is 12.6. The van der Waals surface area contributed by atoms with Gasteiger partial charge in [-0.05, 0) is 30.3 Å². The van der Waals surface area contributed by atoms with Crippen LogP contribution in [0.2, 0.25) is 0 Å². The lowest BCUT2D eigenvalue weighted by atomic mass is 10.2. The summed E-state index contributed by atoms with van der Waals surface area (Å²) in [6.07, 6.45) is 1.14. The number of fused-ring (bicyclic) bond motifs is 2. The Morgan fingerprint density at radius 1 is 1.22 bits per heavy atom. The topological polar surface area (TPSA) is 73.6 Å². The number of nitrogens with zero attached hydrogens (tertiary/aromatic N) is 1. The van der Waals surface area contributed by atoms with Crippen LogP contribution in [0.15, 0.2) is 53.3 Å². The van der Waals surface area contributed by atoms with Gasteiger partial charge >= 0.3 is 0 Å². The lowest BCUT2D eigenvalue weighted by molar-refractivity contribution is 0.0789. The maximum Gasteiger partial charge on any atom is 0.251 e. The summed E-state index contributed by atoms with van der Waals surface area (Å²) < 4.78 is 16.6. The Morgan fingerprint density at radius 3 is 3.00 bits per heavy atom. The van der Waals surface area contributed by atoms with Crippen molar-refractivity contribution in [3.63, 3.8) is 0 Å². The molecule has 6 nitrogen and oxygen atoms in total. The highest BCUT2D eigenvalue weighted by Crippen LogP contribution is 2.30. The lowest BCUT2D eigenvalue weighted by Crippen LogP contribution is -2.40. The number of ether oxygens (including phenoxy) is 2. The first-order valence-corrected chi connectivity index (χ1v) is 7.29. The van der Waals surface area contributed by atoms with Crippen molar-refractivity contribution in [2.45, 2.75) is 6.10 Å². The Hall–Kier alpha value is -3.02. The van der Waals surface area contributed by atoms with Gasteiger partial charge in [0.15, 0.2) is 23.5 Å². The first-order chi connectivity index (χ1) is 11.3. The van der Waals surface area contributed by atoms with Gasteiger partial charge in [0.25, 0.3) is 5.91 Å². The van der Waals surface area contributed by atoms with Crippen molar-refractivity contribution in [1.29, 1.82) is 0 Å². The van der Waals surface area contributed by atoms with E-state index in [2.05, 4.69) is 10.3 Å². The van der Waals surface area contributed by atoms with Crippen molar-refractivity contribution in [2.24, 2.45) is 0 Å². The largest absolute Gasteiger partial charge is 0.486 e. The molecule has 0 fully saturated rings. The molecule has 6 heteroatoms. The van der Waals surface area contributed by atoms with E-state index in [0.717, 1.165) is 5.75 Å². The van der Waals surface area contributed by atoms with Crippen LogP contribution in [0.25, 0.3) is 11.1 Å². The molecule has 2 aromatic carbocycles. The second-order valence-electron chi connectivity index (χ2n) is 5.24. The highest BCUT2D eigenvalue weighted by molar-refractivity contribution is 5.97. The molecule has 1 N–H and O–H groups in total. The third-order valence-electron chi connectivity index (χ3n) is 3.65. The molecule has 1 amide bonds. The standard InChI is InChI=1S/C17H14N2O4/c20-17(11-5-6-14-13(7-11)19-10-22-14)18-8-12-9-21-15-3-1-2-4-16(15)23-12/h1-7,10,12H,8-9H2,(H,18,20). The number of nitrogens with one attached hydrogen (secondary N) is 1. The summed E-state index contributed by atoms with van der Waals surface area (Å²) in [4.78, 5) is 16.3.